The number of hydrogen-bond acceptors (Lipinski definition) is 2. The molecule has 0 radical (unpaired) electrons. The minimum absolute atomic E-state index is 0.0843. The van der Waals surface area contributed by atoms with Gasteiger partial charge in [-0.05, 0) is 40.0 Å². The summed E-state index contributed by atoms with van der Waals surface area (Å²) in [6.45, 7) is 10.0. The molecule has 0 aliphatic carbocycles. The molecule has 0 rings (SSSR count). The molecule has 0 heterocycles. The van der Waals surface area contributed by atoms with Crippen LogP contribution in [0.3, 0.4) is 0 Å². The van der Waals surface area contributed by atoms with E-state index in [1.54, 1.807) is 0 Å². The lowest BCUT2D eigenvalue weighted by molar-refractivity contribution is -0.153. The number of allylic oxidation sites excluding steroid dienone is 1. The van der Waals surface area contributed by atoms with E-state index in [-0.39, 0.29) is 11.4 Å². The van der Waals surface area contributed by atoms with Crippen LogP contribution < -0.4 is 0 Å². The lowest BCUT2D eigenvalue weighted by Crippen LogP contribution is -2.23. The molecule has 0 saturated heterocycles. The van der Waals surface area contributed by atoms with E-state index in [2.05, 4.69) is 6.58 Å². The van der Waals surface area contributed by atoms with Crippen LogP contribution in [0.2, 0.25) is 0 Å². The van der Waals surface area contributed by atoms with Gasteiger partial charge in [-0.3, -0.25) is 4.79 Å². The van der Waals surface area contributed by atoms with Gasteiger partial charge in [-0.15, -0.1) is 6.58 Å². The van der Waals surface area contributed by atoms with Gasteiger partial charge in [0.2, 0.25) is 0 Å². The van der Waals surface area contributed by atoms with Crippen molar-refractivity contribution in [3.8, 4) is 0 Å². The quantitative estimate of drug-likeness (QED) is 0.235. The second kappa shape index (κ2) is 12.9. The van der Waals surface area contributed by atoms with Crippen LogP contribution >= 0.6 is 0 Å². The van der Waals surface area contributed by atoms with Crippen molar-refractivity contribution in [2.24, 2.45) is 5.41 Å². The maximum Gasteiger partial charge on any atom is 0.311 e. The van der Waals surface area contributed by atoms with Gasteiger partial charge in [-0.25, -0.2) is 0 Å². The largest absolute Gasteiger partial charge is 0.465 e. The van der Waals surface area contributed by atoms with E-state index < -0.39 is 0 Å². The van der Waals surface area contributed by atoms with Gasteiger partial charge in [-0.1, -0.05) is 57.4 Å². The third kappa shape index (κ3) is 13.9. The number of carbonyl (C=O) groups is 1. The zero-order valence-electron chi connectivity index (χ0n) is 14.6. The van der Waals surface area contributed by atoms with E-state index in [4.69, 9.17) is 4.74 Å². The highest BCUT2D eigenvalue weighted by atomic mass is 16.5. The van der Waals surface area contributed by atoms with Crippen molar-refractivity contribution >= 4 is 5.97 Å². The predicted molar refractivity (Wildman–Crippen MR) is 91.4 cm³/mol. The number of esters is 1. The van der Waals surface area contributed by atoms with E-state index in [1.165, 1.54) is 64.2 Å². The molecule has 0 atom stereocenters. The molecule has 0 aliphatic rings. The van der Waals surface area contributed by atoms with Crippen LogP contribution in [0.15, 0.2) is 12.7 Å². The summed E-state index contributed by atoms with van der Waals surface area (Å²) in [6, 6.07) is 0. The van der Waals surface area contributed by atoms with E-state index in [9.17, 15) is 4.79 Å². The van der Waals surface area contributed by atoms with Crippen molar-refractivity contribution in [3.05, 3.63) is 12.7 Å². The molecule has 124 valence electrons. The van der Waals surface area contributed by atoms with Crippen molar-refractivity contribution in [1.29, 1.82) is 0 Å². The van der Waals surface area contributed by atoms with Gasteiger partial charge in [-0.2, -0.15) is 0 Å². The molecule has 0 unspecified atom stereocenters. The summed E-state index contributed by atoms with van der Waals surface area (Å²) >= 11 is 0. The standard InChI is InChI=1S/C19H36O2/c1-5-6-7-8-9-10-11-12-13-14-15-16-17-21-18(20)19(2,3)4/h5H,1,6-17H2,2-4H3. The summed E-state index contributed by atoms with van der Waals surface area (Å²) in [5.41, 5.74) is -0.369. The first-order valence-corrected chi connectivity index (χ1v) is 8.76. The maximum atomic E-state index is 11.5. The van der Waals surface area contributed by atoms with Crippen LogP contribution in [0, 0.1) is 5.41 Å². The van der Waals surface area contributed by atoms with Crippen molar-refractivity contribution in [1.82, 2.24) is 0 Å². The highest BCUT2D eigenvalue weighted by molar-refractivity contribution is 5.75. The minimum Gasteiger partial charge on any atom is -0.465 e. The van der Waals surface area contributed by atoms with E-state index in [1.807, 2.05) is 26.8 Å². The second-order valence-corrected chi connectivity index (χ2v) is 7.00. The number of unbranched alkanes of at least 4 members (excludes halogenated alkanes) is 10. The number of rotatable bonds is 13. The molecule has 2 nitrogen and oxygen atoms in total. The maximum absolute atomic E-state index is 11.5. The highest BCUT2D eigenvalue weighted by Gasteiger charge is 2.22. The summed E-state index contributed by atoms with van der Waals surface area (Å²) in [7, 11) is 0. The molecule has 0 aromatic rings. The summed E-state index contributed by atoms with van der Waals surface area (Å²) in [5, 5.41) is 0. The smallest absolute Gasteiger partial charge is 0.311 e. The molecule has 0 aliphatic heterocycles. The Balaban J connectivity index is 3.16. The molecule has 2 heteroatoms. The Kier molecular flexibility index (Phi) is 12.4. The second-order valence-electron chi connectivity index (χ2n) is 7.00. The van der Waals surface area contributed by atoms with Crippen molar-refractivity contribution < 1.29 is 9.53 Å². The Bertz CT molecular complexity index is 263. The Morgan fingerprint density at radius 3 is 1.71 bits per heavy atom. The van der Waals surface area contributed by atoms with Gasteiger partial charge in [0.15, 0.2) is 0 Å². The van der Waals surface area contributed by atoms with Crippen molar-refractivity contribution in [3.63, 3.8) is 0 Å². The van der Waals surface area contributed by atoms with Crippen molar-refractivity contribution in [2.75, 3.05) is 6.61 Å². The molecule has 0 aromatic carbocycles. The fourth-order valence-corrected chi connectivity index (χ4v) is 2.19. The minimum atomic E-state index is -0.369. The van der Waals surface area contributed by atoms with Gasteiger partial charge in [0.25, 0.3) is 0 Å². The molecular weight excluding hydrogens is 260 g/mol. The zero-order chi connectivity index (χ0) is 16.0. The van der Waals surface area contributed by atoms with Crippen molar-refractivity contribution in [2.45, 2.75) is 91.4 Å². The summed E-state index contributed by atoms with van der Waals surface area (Å²) in [6.07, 6.45) is 16.1. The summed E-state index contributed by atoms with van der Waals surface area (Å²) < 4.78 is 5.25. The number of hydrogen-bond donors (Lipinski definition) is 0. The Hall–Kier alpha value is -0.790. The summed E-state index contributed by atoms with van der Waals surface area (Å²) in [5.74, 6) is -0.0843. The van der Waals surface area contributed by atoms with Crippen LogP contribution in [0.5, 0.6) is 0 Å². The van der Waals surface area contributed by atoms with E-state index in [0.717, 1.165) is 6.42 Å². The van der Waals surface area contributed by atoms with E-state index in [0.29, 0.717) is 6.61 Å². The van der Waals surface area contributed by atoms with Crippen LogP contribution in [0.1, 0.15) is 91.4 Å². The van der Waals surface area contributed by atoms with E-state index >= 15 is 0 Å². The third-order valence-electron chi connectivity index (χ3n) is 3.65. The predicted octanol–water partition coefficient (Wildman–Crippen LogP) is 6.05. The molecule has 21 heavy (non-hydrogen) atoms. The average molecular weight is 296 g/mol. The topological polar surface area (TPSA) is 26.3 Å². The van der Waals surface area contributed by atoms with Gasteiger partial charge in [0.1, 0.15) is 0 Å². The molecule has 0 amide bonds. The zero-order valence-corrected chi connectivity index (χ0v) is 14.6. The average Bonchev–Trinajstić information content (AvgIpc) is 2.42. The van der Waals surface area contributed by atoms with Crippen LogP contribution in [-0.2, 0) is 9.53 Å². The third-order valence-corrected chi connectivity index (χ3v) is 3.65. The van der Waals surface area contributed by atoms with Crippen LogP contribution in [0.25, 0.3) is 0 Å². The summed E-state index contributed by atoms with van der Waals surface area (Å²) in [4.78, 5) is 11.5. The van der Waals surface area contributed by atoms with Gasteiger partial charge in [0.05, 0.1) is 12.0 Å². The molecule has 0 saturated carbocycles. The number of ether oxygens (including phenoxy) is 1. The Labute approximate surface area is 132 Å². The molecule has 0 aromatic heterocycles. The van der Waals surface area contributed by atoms with Gasteiger partial charge >= 0.3 is 5.97 Å². The molecule has 0 bridgehead atoms. The molecule has 0 spiro atoms. The lowest BCUT2D eigenvalue weighted by Gasteiger charge is -2.16. The highest BCUT2D eigenvalue weighted by Crippen LogP contribution is 2.16. The fraction of sp³-hybridized carbons (Fsp3) is 0.842. The first-order chi connectivity index (χ1) is 9.98. The fourth-order valence-electron chi connectivity index (χ4n) is 2.19. The molecular formula is C19H36O2. The Morgan fingerprint density at radius 2 is 1.29 bits per heavy atom. The first kappa shape index (κ1) is 20.2. The SMILES string of the molecule is C=CCCCCCCCCCCCCOC(=O)C(C)(C)C. The monoisotopic (exact) mass is 296 g/mol. The Morgan fingerprint density at radius 1 is 0.857 bits per heavy atom. The normalized spacial score (nSPS) is 11.4. The van der Waals surface area contributed by atoms with Gasteiger partial charge in [0, 0.05) is 0 Å². The van der Waals surface area contributed by atoms with Gasteiger partial charge < -0.3 is 4.74 Å². The molecule has 0 N–H and O–H groups in total. The molecule has 0 fully saturated rings. The van der Waals surface area contributed by atoms with Crippen LogP contribution in [-0.4, -0.2) is 12.6 Å². The van der Waals surface area contributed by atoms with Crippen LogP contribution in [0.4, 0.5) is 0 Å². The lowest BCUT2D eigenvalue weighted by atomic mass is 9.97. The first-order valence-electron chi connectivity index (χ1n) is 8.76. The number of carbonyl (C=O) groups excluding carboxylic acids is 1.